The number of ether oxygens (including phenoxy) is 1. The predicted molar refractivity (Wildman–Crippen MR) is 69.1 cm³/mol. The standard InChI is InChI=1S/C14H23NO/c1-4-15-11-7-9-13-8-5-6-10-14(13)16-12(2)3/h5-6,8,10,12,15H,4,7,9,11H2,1-3H3. The molecule has 0 spiro atoms. The van der Waals surface area contributed by atoms with Gasteiger partial charge in [-0.2, -0.15) is 0 Å². The van der Waals surface area contributed by atoms with E-state index in [1.807, 2.05) is 6.07 Å². The highest BCUT2D eigenvalue weighted by atomic mass is 16.5. The molecule has 0 radical (unpaired) electrons. The minimum Gasteiger partial charge on any atom is -0.491 e. The van der Waals surface area contributed by atoms with Crippen molar-refractivity contribution in [3.63, 3.8) is 0 Å². The number of benzene rings is 1. The van der Waals surface area contributed by atoms with Crippen LogP contribution in [0, 0.1) is 0 Å². The molecule has 0 aliphatic rings. The van der Waals surface area contributed by atoms with Gasteiger partial charge in [0.2, 0.25) is 0 Å². The third-order valence-electron chi connectivity index (χ3n) is 2.38. The molecule has 0 amide bonds. The molecular formula is C14H23NO. The van der Waals surface area contributed by atoms with E-state index < -0.39 is 0 Å². The zero-order valence-electron chi connectivity index (χ0n) is 10.6. The summed E-state index contributed by atoms with van der Waals surface area (Å²) in [4.78, 5) is 0. The lowest BCUT2D eigenvalue weighted by Gasteiger charge is -2.14. The van der Waals surface area contributed by atoms with E-state index in [1.54, 1.807) is 0 Å². The van der Waals surface area contributed by atoms with Crippen LogP contribution >= 0.6 is 0 Å². The van der Waals surface area contributed by atoms with Gasteiger partial charge < -0.3 is 10.1 Å². The number of aryl methyl sites for hydroxylation is 1. The maximum atomic E-state index is 5.78. The summed E-state index contributed by atoms with van der Waals surface area (Å²) in [6.45, 7) is 8.39. The maximum absolute atomic E-state index is 5.78. The van der Waals surface area contributed by atoms with Gasteiger partial charge in [-0.1, -0.05) is 25.1 Å². The molecule has 0 bridgehead atoms. The third-order valence-corrected chi connectivity index (χ3v) is 2.38. The van der Waals surface area contributed by atoms with E-state index in [-0.39, 0.29) is 6.10 Å². The highest BCUT2D eigenvalue weighted by molar-refractivity contribution is 5.33. The molecule has 1 aromatic carbocycles. The molecule has 1 aromatic rings. The molecule has 0 saturated carbocycles. The van der Waals surface area contributed by atoms with E-state index in [0.29, 0.717) is 0 Å². The summed E-state index contributed by atoms with van der Waals surface area (Å²) in [6.07, 6.45) is 2.48. The van der Waals surface area contributed by atoms with Crippen molar-refractivity contribution < 1.29 is 4.74 Å². The molecule has 0 atom stereocenters. The van der Waals surface area contributed by atoms with Crippen LogP contribution in [0.3, 0.4) is 0 Å². The van der Waals surface area contributed by atoms with Crippen LogP contribution in [0.2, 0.25) is 0 Å². The lowest BCUT2D eigenvalue weighted by atomic mass is 10.1. The first-order chi connectivity index (χ1) is 7.74. The Morgan fingerprint density at radius 1 is 1.25 bits per heavy atom. The monoisotopic (exact) mass is 221 g/mol. The summed E-state index contributed by atoms with van der Waals surface area (Å²) in [5.74, 6) is 1.04. The highest BCUT2D eigenvalue weighted by Crippen LogP contribution is 2.20. The zero-order valence-corrected chi connectivity index (χ0v) is 10.6. The predicted octanol–water partition coefficient (Wildman–Crippen LogP) is 3.02. The minimum atomic E-state index is 0.245. The number of hydrogen-bond acceptors (Lipinski definition) is 2. The third kappa shape index (κ3) is 4.67. The van der Waals surface area contributed by atoms with E-state index in [4.69, 9.17) is 4.74 Å². The number of nitrogens with one attached hydrogen (secondary N) is 1. The lowest BCUT2D eigenvalue weighted by Crippen LogP contribution is -2.15. The van der Waals surface area contributed by atoms with Gasteiger partial charge >= 0.3 is 0 Å². The Bertz CT molecular complexity index is 297. The van der Waals surface area contributed by atoms with Crippen molar-refractivity contribution in [2.45, 2.75) is 39.7 Å². The van der Waals surface area contributed by atoms with Gasteiger partial charge in [-0.15, -0.1) is 0 Å². The van der Waals surface area contributed by atoms with Gasteiger partial charge in [0.15, 0.2) is 0 Å². The van der Waals surface area contributed by atoms with Gasteiger partial charge in [0, 0.05) is 0 Å². The van der Waals surface area contributed by atoms with Crippen LogP contribution in [0.1, 0.15) is 32.8 Å². The second-order valence-corrected chi connectivity index (χ2v) is 4.23. The van der Waals surface area contributed by atoms with E-state index in [2.05, 4.69) is 44.3 Å². The molecule has 0 heterocycles. The van der Waals surface area contributed by atoms with Crippen LogP contribution in [0.15, 0.2) is 24.3 Å². The van der Waals surface area contributed by atoms with E-state index in [9.17, 15) is 0 Å². The maximum Gasteiger partial charge on any atom is 0.122 e. The quantitative estimate of drug-likeness (QED) is 0.715. The van der Waals surface area contributed by atoms with Crippen molar-refractivity contribution in [1.29, 1.82) is 0 Å². The fourth-order valence-electron chi connectivity index (χ4n) is 1.66. The molecule has 0 unspecified atom stereocenters. The number of hydrogen-bond donors (Lipinski definition) is 1. The number of rotatable bonds is 7. The van der Waals surface area contributed by atoms with Gasteiger partial charge in [0.05, 0.1) is 6.10 Å². The molecule has 1 N–H and O–H groups in total. The summed E-state index contributed by atoms with van der Waals surface area (Å²) in [6, 6.07) is 8.33. The van der Waals surface area contributed by atoms with Crippen molar-refractivity contribution in [2.75, 3.05) is 13.1 Å². The summed E-state index contributed by atoms with van der Waals surface area (Å²) < 4.78 is 5.78. The fraction of sp³-hybridized carbons (Fsp3) is 0.571. The van der Waals surface area contributed by atoms with Crippen LogP contribution in [0.25, 0.3) is 0 Å². The van der Waals surface area contributed by atoms with Crippen LogP contribution in [0.5, 0.6) is 5.75 Å². The molecular weight excluding hydrogens is 198 g/mol. The first kappa shape index (κ1) is 13.0. The molecule has 2 nitrogen and oxygen atoms in total. The minimum absolute atomic E-state index is 0.245. The molecule has 0 fully saturated rings. The van der Waals surface area contributed by atoms with Gasteiger partial charge in [0.25, 0.3) is 0 Å². The van der Waals surface area contributed by atoms with Crippen LogP contribution in [-0.2, 0) is 6.42 Å². The second kappa shape index (κ2) is 7.29. The van der Waals surface area contributed by atoms with Gasteiger partial charge in [-0.3, -0.25) is 0 Å². The molecule has 90 valence electrons. The van der Waals surface area contributed by atoms with Gasteiger partial charge in [-0.05, 0) is 51.4 Å². The Balaban J connectivity index is 2.50. The Hall–Kier alpha value is -1.02. The molecule has 0 aliphatic heterocycles. The van der Waals surface area contributed by atoms with E-state index in [0.717, 1.165) is 31.7 Å². The van der Waals surface area contributed by atoms with Crippen molar-refractivity contribution in [3.05, 3.63) is 29.8 Å². The van der Waals surface area contributed by atoms with Crippen LogP contribution in [-0.4, -0.2) is 19.2 Å². The lowest BCUT2D eigenvalue weighted by molar-refractivity contribution is 0.240. The summed E-state index contributed by atoms with van der Waals surface area (Å²) in [5.41, 5.74) is 1.31. The normalized spacial score (nSPS) is 10.8. The van der Waals surface area contributed by atoms with Crippen LogP contribution in [0.4, 0.5) is 0 Å². The molecule has 0 saturated heterocycles. The largest absolute Gasteiger partial charge is 0.491 e. The smallest absolute Gasteiger partial charge is 0.122 e. The van der Waals surface area contributed by atoms with E-state index in [1.165, 1.54) is 5.56 Å². The molecule has 1 rings (SSSR count). The Morgan fingerprint density at radius 2 is 2.00 bits per heavy atom. The van der Waals surface area contributed by atoms with Gasteiger partial charge in [0.1, 0.15) is 5.75 Å². The summed E-state index contributed by atoms with van der Waals surface area (Å²) in [7, 11) is 0. The van der Waals surface area contributed by atoms with Crippen molar-refractivity contribution in [3.8, 4) is 5.75 Å². The highest BCUT2D eigenvalue weighted by Gasteiger charge is 2.04. The SMILES string of the molecule is CCNCCCc1ccccc1OC(C)C. The van der Waals surface area contributed by atoms with Crippen molar-refractivity contribution in [1.82, 2.24) is 5.32 Å². The first-order valence-electron chi connectivity index (χ1n) is 6.19. The van der Waals surface area contributed by atoms with Crippen molar-refractivity contribution >= 4 is 0 Å². The molecule has 16 heavy (non-hydrogen) atoms. The average Bonchev–Trinajstić information content (AvgIpc) is 2.26. The molecule has 0 aromatic heterocycles. The van der Waals surface area contributed by atoms with Gasteiger partial charge in [-0.25, -0.2) is 0 Å². The molecule has 0 aliphatic carbocycles. The fourth-order valence-corrected chi connectivity index (χ4v) is 1.66. The molecule has 2 heteroatoms. The zero-order chi connectivity index (χ0) is 11.8. The second-order valence-electron chi connectivity index (χ2n) is 4.23. The Labute approximate surface area is 99.0 Å². The Morgan fingerprint density at radius 3 is 2.69 bits per heavy atom. The Kier molecular flexibility index (Phi) is 5.94. The average molecular weight is 221 g/mol. The summed E-state index contributed by atoms with van der Waals surface area (Å²) >= 11 is 0. The summed E-state index contributed by atoms with van der Waals surface area (Å²) in [5, 5.41) is 3.34. The number of para-hydroxylation sites is 1. The topological polar surface area (TPSA) is 21.3 Å². The van der Waals surface area contributed by atoms with Crippen molar-refractivity contribution in [2.24, 2.45) is 0 Å². The first-order valence-corrected chi connectivity index (χ1v) is 6.19. The van der Waals surface area contributed by atoms with E-state index >= 15 is 0 Å². The van der Waals surface area contributed by atoms with Crippen LogP contribution < -0.4 is 10.1 Å².